The third kappa shape index (κ3) is 7.64. The predicted octanol–water partition coefficient (Wildman–Crippen LogP) is 3.82. The van der Waals surface area contributed by atoms with E-state index in [1.807, 2.05) is 0 Å². The fourth-order valence-corrected chi connectivity index (χ4v) is 11.0. The molecule has 0 bridgehead atoms. The maximum absolute atomic E-state index is 12.9. The van der Waals surface area contributed by atoms with Gasteiger partial charge in [-0.3, -0.25) is 9.59 Å². The maximum Gasteiger partial charge on any atom is 0.319 e. The van der Waals surface area contributed by atoms with Crippen LogP contribution in [0.5, 0.6) is 0 Å². The molecule has 10 nitrogen and oxygen atoms in total. The highest BCUT2D eigenvalue weighted by Gasteiger charge is 2.67. The first-order valence-corrected chi connectivity index (χ1v) is 18.5. The second-order valence-electron chi connectivity index (χ2n) is 16.0. The first-order valence-electron chi connectivity index (χ1n) is 18.5. The standard InChI is InChI=1S/C38H62N4O6/c1-24(9-8-16-42(4)23-25-10-6-5-7-11-25)28-12-13-29-36-30(19-32(38(28,29)3)48-35(45)22-41)37(2)15-14-27(46-33(43)20-39)17-26(37)18-31(36)47-34(44)21-40/h5-7,10-11,24,26-32,34,36,44H,8-9,12-23,39-41H2,1-4H3/t24?,26?,27?,28-,29?,30?,31?,32?,34?,36?,37+,38-/m1/s1. The molecule has 10 heteroatoms. The SMILES string of the molecule is CC(CCCN(C)Cc1ccccc1)[C@H]1CCC2C3C(OC(O)CN)CC4CC(OC(=O)CN)CC[C@]4(C)C3CC(OC(=O)CN)[C@@]21C. The summed E-state index contributed by atoms with van der Waals surface area (Å²) in [5.74, 6) is 1.01. The van der Waals surface area contributed by atoms with E-state index in [1.165, 1.54) is 5.56 Å². The summed E-state index contributed by atoms with van der Waals surface area (Å²) in [4.78, 5) is 27.5. The van der Waals surface area contributed by atoms with Gasteiger partial charge >= 0.3 is 11.9 Å². The molecule has 7 N–H and O–H groups in total. The van der Waals surface area contributed by atoms with Crippen LogP contribution >= 0.6 is 0 Å². The molecule has 5 rings (SSSR count). The van der Waals surface area contributed by atoms with Gasteiger partial charge in [0.05, 0.1) is 19.2 Å². The van der Waals surface area contributed by atoms with Crippen LogP contribution in [0, 0.1) is 46.3 Å². The molecule has 12 atom stereocenters. The fourth-order valence-electron chi connectivity index (χ4n) is 11.0. The van der Waals surface area contributed by atoms with E-state index >= 15 is 0 Å². The number of benzene rings is 1. The molecule has 1 aromatic rings. The van der Waals surface area contributed by atoms with Crippen LogP contribution in [0.4, 0.5) is 0 Å². The minimum Gasteiger partial charge on any atom is -0.461 e. The number of fused-ring (bicyclic) bond motifs is 5. The Morgan fingerprint density at radius 1 is 0.979 bits per heavy atom. The third-order valence-electron chi connectivity index (χ3n) is 13.4. The second kappa shape index (κ2) is 15.9. The number of aliphatic hydroxyl groups excluding tert-OH is 1. The summed E-state index contributed by atoms with van der Waals surface area (Å²) in [6.07, 6.45) is 6.59. The van der Waals surface area contributed by atoms with Gasteiger partial charge in [0.25, 0.3) is 0 Å². The molecule has 0 saturated heterocycles. The van der Waals surface area contributed by atoms with E-state index in [9.17, 15) is 14.7 Å². The van der Waals surface area contributed by atoms with Crippen molar-refractivity contribution in [3.05, 3.63) is 35.9 Å². The van der Waals surface area contributed by atoms with E-state index in [4.69, 9.17) is 31.4 Å². The van der Waals surface area contributed by atoms with E-state index in [2.05, 4.69) is 63.1 Å². The molecular formula is C38H62N4O6. The van der Waals surface area contributed by atoms with Gasteiger partial charge in [-0.1, -0.05) is 51.1 Å². The molecule has 48 heavy (non-hydrogen) atoms. The van der Waals surface area contributed by atoms with E-state index in [-0.39, 0.29) is 84.4 Å². The van der Waals surface area contributed by atoms with Crippen LogP contribution in [-0.4, -0.2) is 79.8 Å². The molecule has 4 fully saturated rings. The lowest BCUT2D eigenvalue weighted by Crippen LogP contribution is -2.64. The minimum atomic E-state index is -1.04. The van der Waals surface area contributed by atoms with Crippen molar-refractivity contribution in [3.8, 4) is 0 Å². The van der Waals surface area contributed by atoms with Crippen molar-refractivity contribution in [2.24, 2.45) is 63.5 Å². The average molecular weight is 671 g/mol. The van der Waals surface area contributed by atoms with E-state index < -0.39 is 6.29 Å². The zero-order chi connectivity index (χ0) is 34.6. The van der Waals surface area contributed by atoms with Crippen LogP contribution in [-0.2, 0) is 30.3 Å². The number of rotatable bonds is 14. The van der Waals surface area contributed by atoms with Crippen molar-refractivity contribution < 1.29 is 28.9 Å². The highest BCUT2D eigenvalue weighted by molar-refractivity contribution is 5.72. The van der Waals surface area contributed by atoms with Gasteiger partial charge in [-0.2, -0.15) is 0 Å². The lowest BCUT2D eigenvalue weighted by atomic mass is 9.43. The number of nitrogens with zero attached hydrogens (tertiary/aromatic N) is 1. The summed E-state index contributed by atoms with van der Waals surface area (Å²) in [6, 6.07) is 10.6. The predicted molar refractivity (Wildman–Crippen MR) is 185 cm³/mol. The monoisotopic (exact) mass is 670 g/mol. The Morgan fingerprint density at radius 3 is 2.38 bits per heavy atom. The van der Waals surface area contributed by atoms with Gasteiger partial charge in [0, 0.05) is 18.5 Å². The average Bonchev–Trinajstić information content (AvgIpc) is 3.43. The highest BCUT2D eigenvalue weighted by atomic mass is 16.6. The summed E-state index contributed by atoms with van der Waals surface area (Å²) in [5, 5.41) is 10.7. The maximum atomic E-state index is 12.9. The van der Waals surface area contributed by atoms with Crippen molar-refractivity contribution in [1.29, 1.82) is 0 Å². The van der Waals surface area contributed by atoms with Crippen LogP contribution in [0.3, 0.4) is 0 Å². The molecule has 0 spiro atoms. The van der Waals surface area contributed by atoms with Gasteiger partial charge in [0.1, 0.15) is 12.2 Å². The number of ether oxygens (including phenoxy) is 3. The van der Waals surface area contributed by atoms with Crippen molar-refractivity contribution >= 4 is 11.9 Å². The van der Waals surface area contributed by atoms with E-state index in [1.54, 1.807) is 0 Å². The Morgan fingerprint density at radius 2 is 1.69 bits per heavy atom. The Kier molecular flexibility index (Phi) is 12.3. The fraction of sp³-hybridized carbons (Fsp3) is 0.789. The molecule has 0 amide bonds. The Balaban J connectivity index is 1.38. The summed E-state index contributed by atoms with van der Waals surface area (Å²) < 4.78 is 18.6. The number of carbonyl (C=O) groups excluding carboxylic acids is 2. The Hall–Kier alpha value is -2.08. The molecule has 0 aromatic heterocycles. The lowest BCUT2D eigenvalue weighted by molar-refractivity contribution is -0.249. The van der Waals surface area contributed by atoms with E-state index in [0.717, 1.165) is 70.9 Å². The molecule has 9 unspecified atom stereocenters. The molecule has 4 aliphatic rings. The Bertz CT molecular complexity index is 1220. The Labute approximate surface area is 287 Å². The molecule has 4 aliphatic carbocycles. The first-order chi connectivity index (χ1) is 22.9. The quantitative estimate of drug-likeness (QED) is 0.169. The zero-order valence-corrected chi connectivity index (χ0v) is 29.7. The van der Waals surface area contributed by atoms with Crippen molar-refractivity contribution in [1.82, 2.24) is 4.90 Å². The number of carbonyl (C=O) groups is 2. The van der Waals surface area contributed by atoms with Crippen LogP contribution in [0.15, 0.2) is 30.3 Å². The van der Waals surface area contributed by atoms with Crippen molar-refractivity contribution in [3.63, 3.8) is 0 Å². The minimum absolute atomic E-state index is 0.0314. The van der Waals surface area contributed by atoms with Crippen LogP contribution < -0.4 is 17.2 Å². The molecule has 0 heterocycles. The van der Waals surface area contributed by atoms with Gasteiger partial charge in [-0.15, -0.1) is 0 Å². The number of aliphatic hydroxyl groups is 1. The molecule has 0 aliphatic heterocycles. The summed E-state index contributed by atoms with van der Waals surface area (Å²) in [5.41, 5.74) is 18.3. The number of esters is 2. The van der Waals surface area contributed by atoms with Crippen molar-refractivity contribution in [2.75, 3.05) is 33.2 Å². The van der Waals surface area contributed by atoms with Gasteiger partial charge in [0.15, 0.2) is 6.29 Å². The number of nitrogens with two attached hydrogens (primary N) is 3. The number of hydrogen-bond acceptors (Lipinski definition) is 10. The lowest BCUT2D eigenvalue weighted by Gasteiger charge is -2.64. The van der Waals surface area contributed by atoms with Gasteiger partial charge in [-0.05, 0) is 118 Å². The molecule has 4 saturated carbocycles. The topological polar surface area (TPSA) is 163 Å². The van der Waals surface area contributed by atoms with Gasteiger partial charge < -0.3 is 41.4 Å². The largest absolute Gasteiger partial charge is 0.461 e. The third-order valence-corrected chi connectivity index (χ3v) is 13.4. The summed E-state index contributed by atoms with van der Waals surface area (Å²) in [7, 11) is 2.19. The van der Waals surface area contributed by atoms with Crippen LogP contribution in [0.1, 0.15) is 84.1 Å². The normalized spacial score (nSPS) is 37.2. The van der Waals surface area contributed by atoms with E-state index in [0.29, 0.717) is 11.8 Å². The molecule has 0 radical (unpaired) electrons. The van der Waals surface area contributed by atoms with Gasteiger partial charge in [0.2, 0.25) is 0 Å². The molecule has 270 valence electrons. The zero-order valence-electron chi connectivity index (χ0n) is 29.7. The molecule has 1 aromatic carbocycles. The summed E-state index contributed by atoms with van der Waals surface area (Å²) >= 11 is 0. The van der Waals surface area contributed by atoms with Gasteiger partial charge in [-0.25, -0.2) is 0 Å². The summed E-state index contributed by atoms with van der Waals surface area (Å²) in [6.45, 7) is 8.86. The highest BCUT2D eigenvalue weighted by Crippen LogP contribution is 2.69. The second-order valence-corrected chi connectivity index (χ2v) is 16.0. The number of hydrogen-bond donors (Lipinski definition) is 4. The van der Waals surface area contributed by atoms with Crippen LogP contribution in [0.2, 0.25) is 0 Å². The van der Waals surface area contributed by atoms with Crippen molar-refractivity contribution in [2.45, 2.75) is 110 Å². The smallest absolute Gasteiger partial charge is 0.319 e. The van der Waals surface area contributed by atoms with Crippen LogP contribution in [0.25, 0.3) is 0 Å². The first kappa shape index (κ1) is 37.2. The molecular weight excluding hydrogens is 608 g/mol.